The maximum atomic E-state index is 9.70. The summed E-state index contributed by atoms with van der Waals surface area (Å²) in [5.41, 5.74) is 1.70. The van der Waals surface area contributed by atoms with E-state index in [1.165, 1.54) is 0 Å². The van der Waals surface area contributed by atoms with E-state index in [0.717, 1.165) is 17.6 Å². The number of aliphatic hydroxyl groups excluding tert-OH is 1. The normalized spacial score (nSPS) is 18.6. The first-order chi connectivity index (χ1) is 5.88. The van der Waals surface area contributed by atoms with Crippen LogP contribution in [0.4, 0.5) is 0 Å². The molecule has 0 aromatic carbocycles. The highest BCUT2D eigenvalue weighted by molar-refractivity contribution is 5.21. The first-order valence-corrected chi connectivity index (χ1v) is 3.85. The first-order valence-electron chi connectivity index (χ1n) is 3.85. The summed E-state index contributed by atoms with van der Waals surface area (Å²) < 4.78 is 5.02. The van der Waals surface area contributed by atoms with Crippen molar-refractivity contribution < 1.29 is 9.84 Å². The van der Waals surface area contributed by atoms with Crippen LogP contribution in [0.25, 0.3) is 0 Å². The minimum atomic E-state index is -0.564. The van der Waals surface area contributed by atoms with Crippen LogP contribution in [0.15, 0.2) is 24.2 Å². The largest absolute Gasteiger partial charge is 0.501 e. The van der Waals surface area contributed by atoms with Crippen LogP contribution in [0.3, 0.4) is 0 Å². The molecule has 1 aromatic heterocycles. The SMILES string of the molecule is OC(C1=COCC1)c1cn[nH]c1. The van der Waals surface area contributed by atoms with E-state index in [-0.39, 0.29) is 0 Å². The van der Waals surface area contributed by atoms with Gasteiger partial charge in [0.05, 0.1) is 19.1 Å². The number of nitrogens with one attached hydrogen (secondary N) is 1. The molecule has 1 atom stereocenters. The molecule has 1 unspecified atom stereocenters. The van der Waals surface area contributed by atoms with Crippen LogP contribution in [-0.2, 0) is 4.74 Å². The molecule has 2 heterocycles. The second kappa shape index (κ2) is 2.98. The Morgan fingerprint density at radius 2 is 2.58 bits per heavy atom. The smallest absolute Gasteiger partial charge is 0.106 e. The van der Waals surface area contributed by atoms with Gasteiger partial charge in [0.1, 0.15) is 6.10 Å². The van der Waals surface area contributed by atoms with Crippen molar-refractivity contribution in [3.05, 3.63) is 29.8 Å². The minimum absolute atomic E-state index is 0.564. The number of aromatic nitrogens is 2. The minimum Gasteiger partial charge on any atom is -0.501 e. The zero-order valence-electron chi connectivity index (χ0n) is 6.53. The van der Waals surface area contributed by atoms with Gasteiger partial charge in [0, 0.05) is 23.8 Å². The van der Waals surface area contributed by atoms with Crippen LogP contribution >= 0.6 is 0 Å². The fourth-order valence-corrected chi connectivity index (χ4v) is 1.23. The fourth-order valence-electron chi connectivity index (χ4n) is 1.23. The summed E-state index contributed by atoms with van der Waals surface area (Å²) in [4.78, 5) is 0. The van der Waals surface area contributed by atoms with Gasteiger partial charge in [-0.25, -0.2) is 0 Å². The second-order valence-electron chi connectivity index (χ2n) is 2.75. The van der Waals surface area contributed by atoms with Crippen LogP contribution in [0, 0.1) is 0 Å². The van der Waals surface area contributed by atoms with Crippen LogP contribution in [0.2, 0.25) is 0 Å². The lowest BCUT2D eigenvalue weighted by atomic mass is 10.0. The zero-order valence-corrected chi connectivity index (χ0v) is 6.53. The van der Waals surface area contributed by atoms with Gasteiger partial charge in [-0.05, 0) is 0 Å². The van der Waals surface area contributed by atoms with Gasteiger partial charge in [-0.3, -0.25) is 5.10 Å². The molecule has 1 aliphatic heterocycles. The summed E-state index contributed by atoms with van der Waals surface area (Å²) in [6.07, 6.45) is 5.16. The van der Waals surface area contributed by atoms with Crippen LogP contribution in [0.1, 0.15) is 18.1 Å². The van der Waals surface area contributed by atoms with Crippen molar-refractivity contribution in [1.29, 1.82) is 0 Å². The number of nitrogens with zero attached hydrogens (tertiary/aromatic N) is 1. The van der Waals surface area contributed by atoms with Crippen molar-refractivity contribution in [3.8, 4) is 0 Å². The Bertz CT molecular complexity index is 279. The van der Waals surface area contributed by atoms with Crippen LogP contribution < -0.4 is 0 Å². The number of aliphatic hydroxyl groups is 1. The molecule has 0 saturated heterocycles. The Morgan fingerprint density at radius 3 is 3.17 bits per heavy atom. The molecule has 0 bridgehead atoms. The third-order valence-electron chi connectivity index (χ3n) is 1.93. The highest BCUT2D eigenvalue weighted by Crippen LogP contribution is 2.25. The molecule has 0 radical (unpaired) electrons. The number of hydrogen-bond acceptors (Lipinski definition) is 3. The molecule has 2 N–H and O–H groups in total. The lowest BCUT2D eigenvalue weighted by Crippen LogP contribution is -1.98. The first kappa shape index (κ1) is 7.36. The second-order valence-corrected chi connectivity index (χ2v) is 2.75. The summed E-state index contributed by atoms with van der Waals surface area (Å²) >= 11 is 0. The Kier molecular flexibility index (Phi) is 1.83. The standard InChI is InChI=1S/C8H10N2O2/c11-8(6-1-2-12-5-6)7-3-9-10-4-7/h3-5,8,11H,1-2H2,(H,9,10). The maximum absolute atomic E-state index is 9.70. The van der Waals surface area contributed by atoms with Crippen molar-refractivity contribution >= 4 is 0 Å². The molecule has 0 amide bonds. The van der Waals surface area contributed by atoms with Gasteiger partial charge in [0.15, 0.2) is 0 Å². The van der Waals surface area contributed by atoms with Crippen molar-refractivity contribution in [2.75, 3.05) is 6.61 Å². The fraction of sp³-hybridized carbons (Fsp3) is 0.375. The quantitative estimate of drug-likeness (QED) is 0.681. The Labute approximate surface area is 69.9 Å². The third kappa shape index (κ3) is 1.21. The van der Waals surface area contributed by atoms with E-state index < -0.39 is 6.10 Å². The molecular formula is C8H10N2O2. The van der Waals surface area contributed by atoms with Crippen molar-refractivity contribution in [2.24, 2.45) is 0 Å². The number of H-pyrrole nitrogens is 1. The van der Waals surface area contributed by atoms with Gasteiger partial charge in [0.25, 0.3) is 0 Å². The highest BCUT2D eigenvalue weighted by Gasteiger charge is 2.17. The monoisotopic (exact) mass is 166 g/mol. The average molecular weight is 166 g/mol. The van der Waals surface area contributed by atoms with Gasteiger partial charge in [-0.15, -0.1) is 0 Å². The third-order valence-corrected chi connectivity index (χ3v) is 1.93. The molecule has 0 saturated carbocycles. The van der Waals surface area contributed by atoms with Crippen molar-refractivity contribution in [2.45, 2.75) is 12.5 Å². The average Bonchev–Trinajstić information content (AvgIpc) is 2.77. The van der Waals surface area contributed by atoms with Crippen molar-refractivity contribution in [3.63, 3.8) is 0 Å². The topological polar surface area (TPSA) is 58.1 Å². The Morgan fingerprint density at radius 1 is 1.67 bits per heavy atom. The number of rotatable bonds is 2. The van der Waals surface area contributed by atoms with Gasteiger partial charge < -0.3 is 9.84 Å². The Hall–Kier alpha value is -1.29. The highest BCUT2D eigenvalue weighted by atomic mass is 16.5. The van der Waals surface area contributed by atoms with Gasteiger partial charge in [-0.2, -0.15) is 5.10 Å². The predicted molar refractivity (Wildman–Crippen MR) is 42.2 cm³/mol. The molecular weight excluding hydrogens is 156 g/mol. The van der Waals surface area contributed by atoms with E-state index in [1.54, 1.807) is 18.7 Å². The molecule has 64 valence electrons. The van der Waals surface area contributed by atoms with Gasteiger partial charge >= 0.3 is 0 Å². The van der Waals surface area contributed by atoms with E-state index in [4.69, 9.17) is 4.74 Å². The summed E-state index contributed by atoms with van der Waals surface area (Å²) in [6.45, 7) is 0.671. The number of hydrogen-bond donors (Lipinski definition) is 2. The molecule has 1 aromatic rings. The summed E-state index contributed by atoms with van der Waals surface area (Å²) in [5.74, 6) is 0. The van der Waals surface area contributed by atoms with E-state index in [0.29, 0.717) is 6.61 Å². The van der Waals surface area contributed by atoms with Gasteiger partial charge in [-0.1, -0.05) is 0 Å². The number of ether oxygens (including phenoxy) is 1. The van der Waals surface area contributed by atoms with Gasteiger partial charge in [0.2, 0.25) is 0 Å². The summed E-state index contributed by atoms with van der Waals surface area (Å²) in [6, 6.07) is 0. The molecule has 2 rings (SSSR count). The lowest BCUT2D eigenvalue weighted by Gasteiger charge is -2.06. The van der Waals surface area contributed by atoms with E-state index in [2.05, 4.69) is 10.2 Å². The van der Waals surface area contributed by atoms with E-state index in [9.17, 15) is 5.11 Å². The molecule has 1 aliphatic rings. The summed E-state index contributed by atoms with van der Waals surface area (Å²) in [7, 11) is 0. The molecule has 0 spiro atoms. The lowest BCUT2D eigenvalue weighted by molar-refractivity contribution is 0.213. The Balaban J connectivity index is 2.14. The van der Waals surface area contributed by atoms with E-state index in [1.807, 2.05) is 0 Å². The molecule has 0 fully saturated rings. The molecule has 0 aliphatic carbocycles. The molecule has 4 nitrogen and oxygen atoms in total. The molecule has 4 heteroatoms. The predicted octanol–water partition coefficient (Wildman–Crippen LogP) is 0.747. The maximum Gasteiger partial charge on any atom is 0.106 e. The van der Waals surface area contributed by atoms with Crippen molar-refractivity contribution in [1.82, 2.24) is 10.2 Å². The van der Waals surface area contributed by atoms with Crippen LogP contribution in [0.5, 0.6) is 0 Å². The zero-order chi connectivity index (χ0) is 8.39. The summed E-state index contributed by atoms with van der Waals surface area (Å²) in [5, 5.41) is 16.1. The van der Waals surface area contributed by atoms with E-state index >= 15 is 0 Å². The molecule has 12 heavy (non-hydrogen) atoms. The number of aromatic amines is 1. The van der Waals surface area contributed by atoms with Crippen LogP contribution in [-0.4, -0.2) is 21.9 Å².